The van der Waals surface area contributed by atoms with Crippen LogP contribution in [-0.4, -0.2) is 17.0 Å². The first-order valence-corrected chi connectivity index (χ1v) is 6.12. The Labute approximate surface area is 113 Å². The smallest absolute Gasteiger partial charge is 0.224 e. The van der Waals surface area contributed by atoms with Crippen molar-refractivity contribution in [2.45, 2.75) is 6.92 Å². The first-order chi connectivity index (χ1) is 8.58. The molecular weight excluding hydrogens is 299 g/mol. The first-order valence-electron chi connectivity index (χ1n) is 5.33. The number of halogens is 2. The highest BCUT2D eigenvalue weighted by Gasteiger charge is 2.06. The summed E-state index contributed by atoms with van der Waals surface area (Å²) >= 11 is 3.35. The molecule has 2 N–H and O–H groups in total. The zero-order valence-corrected chi connectivity index (χ0v) is 11.5. The van der Waals surface area contributed by atoms with Gasteiger partial charge >= 0.3 is 0 Å². The van der Waals surface area contributed by atoms with E-state index in [-0.39, 0.29) is 5.82 Å². The van der Waals surface area contributed by atoms with Gasteiger partial charge in [0.25, 0.3) is 0 Å². The van der Waals surface area contributed by atoms with E-state index in [2.05, 4.69) is 36.5 Å². The highest BCUT2D eigenvalue weighted by atomic mass is 79.9. The molecule has 1 aromatic carbocycles. The molecule has 2 aromatic rings. The van der Waals surface area contributed by atoms with Crippen LogP contribution in [0.5, 0.6) is 0 Å². The Morgan fingerprint density at radius 3 is 2.72 bits per heavy atom. The van der Waals surface area contributed by atoms with Crippen molar-refractivity contribution in [3.63, 3.8) is 0 Å². The quantitative estimate of drug-likeness (QED) is 0.911. The van der Waals surface area contributed by atoms with Gasteiger partial charge in [0.15, 0.2) is 0 Å². The summed E-state index contributed by atoms with van der Waals surface area (Å²) in [7, 11) is 1.74. The maximum Gasteiger partial charge on any atom is 0.224 e. The topological polar surface area (TPSA) is 49.8 Å². The number of hydrogen-bond acceptors (Lipinski definition) is 4. The van der Waals surface area contributed by atoms with Gasteiger partial charge in [-0.05, 0) is 46.6 Å². The van der Waals surface area contributed by atoms with Crippen LogP contribution >= 0.6 is 15.9 Å². The lowest BCUT2D eigenvalue weighted by atomic mass is 10.2. The molecule has 2 rings (SSSR count). The van der Waals surface area contributed by atoms with Crippen LogP contribution in [0.25, 0.3) is 0 Å². The van der Waals surface area contributed by atoms with Crippen LogP contribution in [0.1, 0.15) is 5.56 Å². The lowest BCUT2D eigenvalue weighted by Crippen LogP contribution is -2.01. The molecule has 1 aromatic heterocycles. The van der Waals surface area contributed by atoms with E-state index in [1.165, 1.54) is 12.1 Å². The molecule has 0 atom stereocenters. The van der Waals surface area contributed by atoms with Crippen LogP contribution in [0, 0.1) is 12.7 Å². The van der Waals surface area contributed by atoms with E-state index >= 15 is 0 Å². The summed E-state index contributed by atoms with van der Waals surface area (Å²) < 4.78 is 14.0. The standard InChI is InChI=1S/C12H12BrFN4/c1-7-3-8(14)5-9(4-7)17-11-10(13)6-16-12(15-2)18-11/h3-6H,1-2H3,(H2,15,16,17,18). The van der Waals surface area contributed by atoms with Crippen molar-refractivity contribution in [2.24, 2.45) is 0 Å². The van der Waals surface area contributed by atoms with Crippen molar-refractivity contribution >= 4 is 33.4 Å². The molecule has 0 bridgehead atoms. The molecule has 0 saturated carbocycles. The Morgan fingerprint density at radius 1 is 1.28 bits per heavy atom. The third-order valence-corrected chi connectivity index (χ3v) is 2.85. The van der Waals surface area contributed by atoms with Gasteiger partial charge in [0.2, 0.25) is 5.95 Å². The third kappa shape index (κ3) is 2.95. The van der Waals surface area contributed by atoms with E-state index < -0.39 is 0 Å². The number of rotatable bonds is 3. The fourth-order valence-corrected chi connectivity index (χ4v) is 1.81. The maximum atomic E-state index is 13.3. The molecule has 0 aliphatic heterocycles. The second kappa shape index (κ2) is 5.30. The van der Waals surface area contributed by atoms with Crippen molar-refractivity contribution in [2.75, 3.05) is 17.7 Å². The molecule has 0 radical (unpaired) electrons. The number of anilines is 3. The Kier molecular flexibility index (Phi) is 3.76. The summed E-state index contributed by atoms with van der Waals surface area (Å²) in [6.07, 6.45) is 1.63. The minimum absolute atomic E-state index is 0.281. The molecule has 0 spiro atoms. The largest absolute Gasteiger partial charge is 0.357 e. The Balaban J connectivity index is 2.33. The van der Waals surface area contributed by atoms with Crippen molar-refractivity contribution in [3.05, 3.63) is 40.2 Å². The van der Waals surface area contributed by atoms with Crippen molar-refractivity contribution in [1.82, 2.24) is 9.97 Å². The molecule has 0 unspecified atom stereocenters. The predicted molar refractivity (Wildman–Crippen MR) is 73.7 cm³/mol. The monoisotopic (exact) mass is 310 g/mol. The van der Waals surface area contributed by atoms with Gasteiger partial charge in [0, 0.05) is 18.9 Å². The zero-order valence-electron chi connectivity index (χ0n) is 9.96. The number of nitrogens with zero attached hydrogens (tertiary/aromatic N) is 2. The van der Waals surface area contributed by atoms with Crippen LogP contribution in [0.4, 0.5) is 21.8 Å². The second-order valence-electron chi connectivity index (χ2n) is 3.78. The summed E-state index contributed by atoms with van der Waals surface area (Å²) in [4.78, 5) is 8.29. The van der Waals surface area contributed by atoms with E-state index in [1.807, 2.05) is 13.0 Å². The minimum atomic E-state index is -0.281. The lowest BCUT2D eigenvalue weighted by molar-refractivity contribution is 0.627. The van der Waals surface area contributed by atoms with Gasteiger partial charge in [-0.2, -0.15) is 4.98 Å². The van der Waals surface area contributed by atoms with Crippen LogP contribution < -0.4 is 10.6 Å². The van der Waals surface area contributed by atoms with E-state index in [0.717, 1.165) is 5.56 Å². The fourth-order valence-electron chi connectivity index (χ4n) is 1.52. The predicted octanol–water partition coefficient (Wildman–Crippen LogP) is 3.47. The van der Waals surface area contributed by atoms with Crippen molar-refractivity contribution in [1.29, 1.82) is 0 Å². The summed E-state index contributed by atoms with van der Waals surface area (Å²) in [6, 6.07) is 4.73. The number of nitrogens with one attached hydrogen (secondary N) is 2. The van der Waals surface area contributed by atoms with Gasteiger partial charge in [-0.15, -0.1) is 0 Å². The van der Waals surface area contributed by atoms with Gasteiger partial charge in [-0.3, -0.25) is 0 Å². The Hall–Kier alpha value is -1.69. The molecule has 0 amide bonds. The molecule has 94 valence electrons. The molecule has 4 nitrogen and oxygen atoms in total. The van der Waals surface area contributed by atoms with Crippen molar-refractivity contribution in [3.8, 4) is 0 Å². The second-order valence-corrected chi connectivity index (χ2v) is 4.64. The van der Waals surface area contributed by atoms with Gasteiger partial charge in [-0.1, -0.05) is 0 Å². The summed E-state index contributed by atoms with van der Waals surface area (Å²) in [5.41, 5.74) is 1.49. The average Bonchev–Trinajstić information content (AvgIpc) is 2.30. The summed E-state index contributed by atoms with van der Waals surface area (Å²) in [5.74, 6) is 0.796. The van der Waals surface area contributed by atoms with E-state index in [9.17, 15) is 4.39 Å². The highest BCUT2D eigenvalue weighted by Crippen LogP contribution is 2.25. The molecule has 18 heavy (non-hydrogen) atoms. The zero-order chi connectivity index (χ0) is 13.1. The molecule has 0 aliphatic carbocycles. The van der Waals surface area contributed by atoms with E-state index in [0.29, 0.717) is 21.9 Å². The number of benzene rings is 1. The van der Waals surface area contributed by atoms with Gasteiger partial charge in [0.05, 0.1) is 4.47 Å². The van der Waals surface area contributed by atoms with Crippen molar-refractivity contribution < 1.29 is 4.39 Å². The molecule has 6 heteroatoms. The highest BCUT2D eigenvalue weighted by molar-refractivity contribution is 9.10. The molecule has 1 heterocycles. The van der Waals surface area contributed by atoms with Gasteiger partial charge in [-0.25, -0.2) is 9.37 Å². The van der Waals surface area contributed by atoms with E-state index in [4.69, 9.17) is 0 Å². The first kappa shape index (κ1) is 12.8. The van der Waals surface area contributed by atoms with Gasteiger partial charge < -0.3 is 10.6 Å². The maximum absolute atomic E-state index is 13.3. The SMILES string of the molecule is CNc1ncc(Br)c(Nc2cc(C)cc(F)c2)n1. The molecule has 0 aliphatic rings. The van der Waals surface area contributed by atoms with Crippen LogP contribution in [0.2, 0.25) is 0 Å². The molecular formula is C12H12BrFN4. The normalized spacial score (nSPS) is 10.2. The number of aryl methyl sites for hydroxylation is 1. The Bertz CT molecular complexity index is 554. The average molecular weight is 311 g/mol. The number of aromatic nitrogens is 2. The van der Waals surface area contributed by atoms with Gasteiger partial charge in [0.1, 0.15) is 11.6 Å². The third-order valence-electron chi connectivity index (χ3n) is 2.27. The summed E-state index contributed by atoms with van der Waals surface area (Å²) in [6.45, 7) is 1.84. The fraction of sp³-hybridized carbons (Fsp3) is 0.167. The molecule has 0 fully saturated rings. The van der Waals surface area contributed by atoms with Crippen LogP contribution in [0.15, 0.2) is 28.9 Å². The van der Waals surface area contributed by atoms with E-state index in [1.54, 1.807) is 13.2 Å². The van der Waals surface area contributed by atoms with Crippen LogP contribution in [-0.2, 0) is 0 Å². The lowest BCUT2D eigenvalue weighted by Gasteiger charge is -2.09. The minimum Gasteiger partial charge on any atom is -0.357 e. The summed E-state index contributed by atoms with van der Waals surface area (Å²) in [5, 5.41) is 5.90. The molecule has 0 saturated heterocycles. The Morgan fingerprint density at radius 2 is 2.06 bits per heavy atom. The number of hydrogen-bond donors (Lipinski definition) is 2. The van der Waals surface area contributed by atoms with Crippen LogP contribution in [0.3, 0.4) is 0 Å².